The van der Waals surface area contributed by atoms with Gasteiger partial charge in [0.2, 0.25) is 15.9 Å². The second-order valence-electron chi connectivity index (χ2n) is 5.74. The van der Waals surface area contributed by atoms with Gasteiger partial charge in [-0.25, -0.2) is 8.42 Å². The molecule has 1 amide bonds. The Labute approximate surface area is 153 Å². The third-order valence-electron chi connectivity index (χ3n) is 3.85. The van der Waals surface area contributed by atoms with Gasteiger partial charge in [-0.15, -0.1) is 0 Å². The molecule has 0 saturated carbocycles. The number of hydrogen-bond donors (Lipinski definition) is 1. The van der Waals surface area contributed by atoms with Gasteiger partial charge in [-0.2, -0.15) is 4.31 Å². The highest BCUT2D eigenvalue weighted by molar-refractivity contribution is 7.88. The largest absolute Gasteiger partial charge is 0.325 e. The Morgan fingerprint density at radius 3 is 2.32 bits per heavy atom. The van der Waals surface area contributed by atoms with Gasteiger partial charge in [0.05, 0.1) is 17.0 Å². The van der Waals surface area contributed by atoms with Gasteiger partial charge in [0.15, 0.2) is 0 Å². The zero-order valence-corrected chi connectivity index (χ0v) is 15.7. The van der Waals surface area contributed by atoms with Crippen LogP contribution in [-0.4, -0.2) is 31.4 Å². The molecule has 0 aliphatic heterocycles. The lowest BCUT2D eigenvalue weighted by atomic mass is 10.1. The molecule has 1 N–H and O–H groups in total. The molecule has 0 aliphatic rings. The summed E-state index contributed by atoms with van der Waals surface area (Å²) in [6.07, 6.45) is 1.19. The molecule has 0 radical (unpaired) electrons. The summed E-state index contributed by atoms with van der Waals surface area (Å²) in [4.78, 5) is 12.2. The smallest absolute Gasteiger partial charge is 0.225 e. The molecule has 0 aromatic heterocycles. The van der Waals surface area contributed by atoms with Gasteiger partial charge in [0.1, 0.15) is 0 Å². The Morgan fingerprint density at radius 1 is 1.12 bits per heavy atom. The van der Waals surface area contributed by atoms with Gasteiger partial charge in [-0.05, 0) is 24.6 Å². The summed E-state index contributed by atoms with van der Waals surface area (Å²) in [6, 6.07) is 15.9. The van der Waals surface area contributed by atoms with Crippen molar-refractivity contribution in [3.63, 3.8) is 0 Å². The average Bonchev–Trinajstić information content (AvgIpc) is 2.56. The molecule has 1 atom stereocenters. The Morgan fingerprint density at radius 2 is 1.72 bits per heavy atom. The highest BCUT2D eigenvalue weighted by atomic mass is 35.5. The maximum absolute atomic E-state index is 12.2. The van der Waals surface area contributed by atoms with Crippen molar-refractivity contribution in [3.05, 3.63) is 65.2 Å². The Hall–Kier alpha value is -1.89. The van der Waals surface area contributed by atoms with Crippen LogP contribution in [0.5, 0.6) is 0 Å². The minimum absolute atomic E-state index is 0.0372. The lowest BCUT2D eigenvalue weighted by Crippen LogP contribution is -2.35. The van der Waals surface area contributed by atoms with Gasteiger partial charge < -0.3 is 5.32 Å². The second kappa shape index (κ2) is 8.47. The number of sulfonamides is 1. The van der Waals surface area contributed by atoms with Crippen LogP contribution < -0.4 is 5.32 Å². The minimum atomic E-state index is -3.46. The third-order valence-corrected chi connectivity index (χ3v) is 5.53. The molecule has 134 valence electrons. The molecule has 0 fully saturated rings. The van der Waals surface area contributed by atoms with Crippen LogP contribution in [0.2, 0.25) is 5.02 Å². The monoisotopic (exact) mass is 380 g/mol. The van der Waals surface area contributed by atoms with Crippen molar-refractivity contribution < 1.29 is 13.2 Å². The van der Waals surface area contributed by atoms with Crippen molar-refractivity contribution in [1.82, 2.24) is 4.31 Å². The summed E-state index contributed by atoms with van der Waals surface area (Å²) in [5.74, 6) is -0.290. The highest BCUT2D eigenvalue weighted by Crippen LogP contribution is 2.24. The van der Waals surface area contributed by atoms with E-state index in [9.17, 15) is 13.2 Å². The summed E-state index contributed by atoms with van der Waals surface area (Å²) < 4.78 is 25.6. The molecular weight excluding hydrogens is 360 g/mol. The van der Waals surface area contributed by atoms with Crippen molar-refractivity contribution in [3.8, 4) is 0 Å². The van der Waals surface area contributed by atoms with Crippen molar-refractivity contribution in [1.29, 1.82) is 0 Å². The van der Waals surface area contributed by atoms with E-state index in [0.29, 0.717) is 10.7 Å². The van der Waals surface area contributed by atoms with E-state index < -0.39 is 10.0 Å². The van der Waals surface area contributed by atoms with E-state index in [1.165, 1.54) is 4.31 Å². The van der Waals surface area contributed by atoms with Gasteiger partial charge in [0, 0.05) is 19.0 Å². The lowest BCUT2D eigenvalue weighted by Gasteiger charge is -2.27. The number of nitrogens with zero attached hydrogens (tertiary/aromatic N) is 1. The molecule has 2 aromatic rings. The first kappa shape index (κ1) is 19.4. The summed E-state index contributed by atoms with van der Waals surface area (Å²) in [6.45, 7) is 1.90. The summed E-state index contributed by atoms with van der Waals surface area (Å²) in [5, 5.41) is 3.14. The first-order chi connectivity index (χ1) is 11.8. The first-order valence-corrected chi connectivity index (χ1v) is 10.1. The molecule has 0 spiro atoms. The van der Waals surface area contributed by atoms with Crippen molar-refractivity contribution in [2.45, 2.75) is 19.4 Å². The quantitative estimate of drug-likeness (QED) is 0.796. The van der Waals surface area contributed by atoms with Crippen molar-refractivity contribution in [2.75, 3.05) is 18.1 Å². The van der Waals surface area contributed by atoms with Gasteiger partial charge >= 0.3 is 0 Å². The third kappa shape index (κ3) is 5.56. The Bertz CT molecular complexity index is 825. The van der Waals surface area contributed by atoms with Crippen LogP contribution in [0.1, 0.15) is 24.9 Å². The standard InChI is InChI=1S/C18H21ClN2O3S/c1-14(15-8-4-3-5-9-15)21(25(2,23)24)13-12-18(22)20-17-11-7-6-10-16(17)19/h3-11,14H,12-13H2,1-2H3,(H,20,22). The van der Waals surface area contributed by atoms with Crippen LogP contribution in [0.4, 0.5) is 5.69 Å². The van der Waals surface area contributed by atoms with E-state index in [0.717, 1.165) is 11.8 Å². The topological polar surface area (TPSA) is 66.5 Å². The van der Waals surface area contributed by atoms with Crippen LogP contribution in [0.15, 0.2) is 54.6 Å². The van der Waals surface area contributed by atoms with Crippen molar-refractivity contribution in [2.24, 2.45) is 0 Å². The fourth-order valence-corrected chi connectivity index (χ4v) is 3.83. The number of nitrogens with one attached hydrogen (secondary N) is 1. The van der Waals surface area contributed by atoms with Crippen LogP contribution >= 0.6 is 11.6 Å². The van der Waals surface area contributed by atoms with E-state index in [-0.39, 0.29) is 24.9 Å². The lowest BCUT2D eigenvalue weighted by molar-refractivity contribution is -0.116. The fourth-order valence-electron chi connectivity index (χ4n) is 2.53. The molecule has 5 nitrogen and oxygen atoms in total. The normalized spacial score (nSPS) is 12.8. The molecule has 7 heteroatoms. The molecule has 0 heterocycles. The zero-order valence-electron chi connectivity index (χ0n) is 14.1. The Kier molecular flexibility index (Phi) is 6.58. The van der Waals surface area contributed by atoms with E-state index in [1.807, 2.05) is 37.3 Å². The van der Waals surface area contributed by atoms with Crippen LogP contribution in [-0.2, 0) is 14.8 Å². The van der Waals surface area contributed by atoms with E-state index >= 15 is 0 Å². The molecule has 25 heavy (non-hydrogen) atoms. The van der Waals surface area contributed by atoms with Crippen LogP contribution in [0.25, 0.3) is 0 Å². The molecule has 1 unspecified atom stereocenters. The van der Waals surface area contributed by atoms with Crippen molar-refractivity contribution >= 4 is 33.2 Å². The summed E-state index contributed by atoms with van der Waals surface area (Å²) in [7, 11) is -3.46. The summed E-state index contributed by atoms with van der Waals surface area (Å²) in [5.41, 5.74) is 1.38. The second-order valence-corrected chi connectivity index (χ2v) is 8.08. The van der Waals surface area contributed by atoms with E-state index in [4.69, 9.17) is 11.6 Å². The summed E-state index contributed by atoms with van der Waals surface area (Å²) >= 11 is 6.01. The number of rotatable bonds is 7. The number of benzene rings is 2. The van der Waals surface area contributed by atoms with Gasteiger partial charge in [-0.1, -0.05) is 54.1 Å². The highest BCUT2D eigenvalue weighted by Gasteiger charge is 2.25. The van der Waals surface area contributed by atoms with Gasteiger partial charge in [-0.3, -0.25) is 4.79 Å². The fraction of sp³-hybridized carbons (Fsp3) is 0.278. The maximum atomic E-state index is 12.2. The minimum Gasteiger partial charge on any atom is -0.325 e. The molecular formula is C18H21ClN2O3S. The molecule has 2 aromatic carbocycles. The molecule has 0 aliphatic carbocycles. The predicted octanol–water partition coefficient (Wildman–Crippen LogP) is 3.69. The van der Waals surface area contributed by atoms with E-state index in [2.05, 4.69) is 5.32 Å². The predicted molar refractivity (Wildman–Crippen MR) is 101 cm³/mol. The van der Waals surface area contributed by atoms with Gasteiger partial charge in [0.25, 0.3) is 0 Å². The number of anilines is 1. The average molecular weight is 381 g/mol. The first-order valence-electron chi connectivity index (χ1n) is 7.85. The molecule has 0 saturated heterocycles. The number of carbonyl (C=O) groups excluding carboxylic acids is 1. The van der Waals surface area contributed by atoms with Crippen LogP contribution in [0, 0.1) is 0 Å². The number of carbonyl (C=O) groups is 1. The Balaban J connectivity index is 2.06. The molecule has 0 bridgehead atoms. The number of halogens is 1. The maximum Gasteiger partial charge on any atom is 0.225 e. The molecule has 2 rings (SSSR count). The number of amides is 1. The number of para-hydroxylation sites is 1. The number of hydrogen-bond acceptors (Lipinski definition) is 3. The van der Waals surface area contributed by atoms with E-state index in [1.54, 1.807) is 24.3 Å². The zero-order chi connectivity index (χ0) is 18.4. The van der Waals surface area contributed by atoms with Crippen LogP contribution in [0.3, 0.4) is 0 Å². The SMILES string of the molecule is CC(c1ccccc1)N(CCC(=O)Nc1ccccc1Cl)S(C)(=O)=O.